The van der Waals surface area contributed by atoms with Gasteiger partial charge in [-0.15, -0.1) is 11.3 Å². The summed E-state index contributed by atoms with van der Waals surface area (Å²) in [6.07, 6.45) is 3.24. The molecule has 3 heterocycles. The summed E-state index contributed by atoms with van der Waals surface area (Å²) in [6.45, 7) is 0.177. The van der Waals surface area contributed by atoms with Crippen LogP contribution in [0.25, 0.3) is 10.2 Å². The first-order valence-corrected chi connectivity index (χ1v) is 9.75. The van der Waals surface area contributed by atoms with E-state index in [9.17, 15) is 14.4 Å². The number of rotatable bonds is 5. The van der Waals surface area contributed by atoms with E-state index in [0.29, 0.717) is 4.83 Å². The molecule has 0 saturated heterocycles. The minimum absolute atomic E-state index is 0.0496. The molecule has 7 nitrogen and oxygen atoms in total. The quantitative estimate of drug-likeness (QED) is 0.475. The fourth-order valence-electron chi connectivity index (χ4n) is 3.06. The third-order valence-electron chi connectivity index (χ3n) is 4.55. The van der Waals surface area contributed by atoms with Crippen LogP contribution in [0.15, 0.2) is 69.8 Å². The molecule has 0 spiro atoms. The number of thiophene rings is 1. The molecule has 0 aliphatic rings. The first kappa shape index (κ1) is 18.8. The molecule has 4 aromatic rings. The van der Waals surface area contributed by atoms with Gasteiger partial charge in [-0.25, -0.2) is 9.59 Å². The predicted molar refractivity (Wildman–Crippen MR) is 110 cm³/mol. The van der Waals surface area contributed by atoms with Crippen LogP contribution in [0.4, 0.5) is 0 Å². The second kappa shape index (κ2) is 7.84. The number of carbonyl (C=O) groups excluding carboxylic acids is 1. The Balaban J connectivity index is 1.73. The zero-order valence-electron chi connectivity index (χ0n) is 15.6. The summed E-state index contributed by atoms with van der Waals surface area (Å²) >= 11 is 1.17. The molecule has 0 bridgehead atoms. The molecule has 8 heteroatoms. The number of ether oxygens (including phenoxy) is 1. The van der Waals surface area contributed by atoms with Crippen LogP contribution in [0.5, 0.6) is 0 Å². The van der Waals surface area contributed by atoms with E-state index in [1.807, 2.05) is 30.3 Å². The number of fused-ring (bicyclic) bond motifs is 1. The predicted octanol–water partition coefficient (Wildman–Crippen LogP) is 2.56. The van der Waals surface area contributed by atoms with Crippen molar-refractivity contribution in [3.8, 4) is 0 Å². The molecule has 4 rings (SSSR count). The van der Waals surface area contributed by atoms with Crippen LogP contribution in [0, 0.1) is 0 Å². The second-order valence-electron chi connectivity index (χ2n) is 6.49. The van der Waals surface area contributed by atoms with Crippen molar-refractivity contribution >= 4 is 27.5 Å². The smallest absolute Gasteiger partial charge is 0.340 e. The standard InChI is InChI=1S/C21H17N3O4S/c1-23-19-17(18(25)24(21(23)27)11-14-6-3-2-4-7-14)16(13-29-19)20(26)28-12-15-8-5-9-22-10-15/h2-10,13H,11-12H2,1H3. The lowest BCUT2D eigenvalue weighted by atomic mass is 10.2. The number of benzene rings is 1. The summed E-state index contributed by atoms with van der Waals surface area (Å²) in [5.74, 6) is -0.609. The Morgan fingerprint density at radius 2 is 1.86 bits per heavy atom. The average Bonchev–Trinajstić information content (AvgIpc) is 3.20. The van der Waals surface area contributed by atoms with E-state index in [4.69, 9.17) is 4.74 Å². The van der Waals surface area contributed by atoms with Crippen molar-refractivity contribution in [3.05, 3.63) is 97.8 Å². The van der Waals surface area contributed by atoms with Crippen molar-refractivity contribution in [2.45, 2.75) is 13.2 Å². The van der Waals surface area contributed by atoms with Crippen LogP contribution < -0.4 is 11.2 Å². The van der Waals surface area contributed by atoms with Crippen molar-refractivity contribution in [1.82, 2.24) is 14.1 Å². The van der Waals surface area contributed by atoms with Crippen LogP contribution in [0.1, 0.15) is 21.5 Å². The van der Waals surface area contributed by atoms with Crippen LogP contribution in [0.3, 0.4) is 0 Å². The molecule has 0 amide bonds. The molecule has 0 aliphatic heterocycles. The maximum absolute atomic E-state index is 13.1. The van der Waals surface area contributed by atoms with Gasteiger partial charge >= 0.3 is 11.7 Å². The summed E-state index contributed by atoms with van der Waals surface area (Å²) in [4.78, 5) is 42.9. The molecule has 0 aliphatic carbocycles. The lowest BCUT2D eigenvalue weighted by Gasteiger charge is -2.09. The van der Waals surface area contributed by atoms with E-state index in [1.165, 1.54) is 15.9 Å². The molecule has 146 valence electrons. The molecule has 0 saturated carbocycles. The Morgan fingerprint density at radius 1 is 1.10 bits per heavy atom. The zero-order valence-corrected chi connectivity index (χ0v) is 16.4. The highest BCUT2D eigenvalue weighted by molar-refractivity contribution is 7.17. The number of carbonyl (C=O) groups is 1. The van der Waals surface area contributed by atoms with Gasteiger partial charge in [0.2, 0.25) is 0 Å². The van der Waals surface area contributed by atoms with Gasteiger partial charge in [0.05, 0.1) is 17.5 Å². The van der Waals surface area contributed by atoms with Gasteiger partial charge in [-0.2, -0.15) is 0 Å². The highest BCUT2D eigenvalue weighted by Gasteiger charge is 2.21. The summed E-state index contributed by atoms with van der Waals surface area (Å²) in [7, 11) is 1.59. The summed E-state index contributed by atoms with van der Waals surface area (Å²) in [5.41, 5.74) is 0.803. The van der Waals surface area contributed by atoms with Gasteiger partial charge in [-0.3, -0.25) is 18.9 Å². The Morgan fingerprint density at radius 3 is 2.59 bits per heavy atom. The Hall–Kier alpha value is -3.52. The van der Waals surface area contributed by atoms with Crippen LogP contribution in [-0.4, -0.2) is 20.1 Å². The third-order valence-corrected chi connectivity index (χ3v) is 5.60. The SMILES string of the molecule is Cn1c(=O)n(Cc2ccccc2)c(=O)c2c(C(=O)OCc3cccnc3)csc21. The highest BCUT2D eigenvalue weighted by atomic mass is 32.1. The van der Waals surface area contributed by atoms with E-state index in [1.54, 1.807) is 37.0 Å². The van der Waals surface area contributed by atoms with Crippen molar-refractivity contribution in [2.24, 2.45) is 7.05 Å². The van der Waals surface area contributed by atoms with E-state index in [0.717, 1.165) is 15.7 Å². The molecular formula is C21H17N3O4S. The number of aromatic nitrogens is 3. The molecule has 1 aromatic carbocycles. The molecule has 3 aromatic heterocycles. The van der Waals surface area contributed by atoms with Crippen molar-refractivity contribution in [2.75, 3.05) is 0 Å². The van der Waals surface area contributed by atoms with Crippen molar-refractivity contribution in [3.63, 3.8) is 0 Å². The fourth-order valence-corrected chi connectivity index (χ4v) is 4.05. The van der Waals surface area contributed by atoms with Gasteiger partial charge in [0.25, 0.3) is 5.56 Å². The third kappa shape index (κ3) is 3.62. The van der Waals surface area contributed by atoms with Gasteiger partial charge in [0.1, 0.15) is 11.4 Å². The number of esters is 1. The zero-order chi connectivity index (χ0) is 20.4. The van der Waals surface area contributed by atoms with Gasteiger partial charge in [0.15, 0.2) is 0 Å². The Bertz CT molecular complexity index is 1290. The minimum Gasteiger partial charge on any atom is -0.457 e. The van der Waals surface area contributed by atoms with E-state index in [2.05, 4.69) is 4.98 Å². The van der Waals surface area contributed by atoms with E-state index >= 15 is 0 Å². The van der Waals surface area contributed by atoms with Gasteiger partial charge in [-0.1, -0.05) is 36.4 Å². The van der Waals surface area contributed by atoms with Gasteiger partial charge < -0.3 is 4.74 Å². The normalized spacial score (nSPS) is 10.9. The largest absolute Gasteiger partial charge is 0.457 e. The fraction of sp³-hybridized carbons (Fsp3) is 0.143. The number of aryl methyl sites for hydroxylation is 1. The number of hydrogen-bond acceptors (Lipinski definition) is 6. The maximum atomic E-state index is 13.1. The molecular weight excluding hydrogens is 390 g/mol. The van der Waals surface area contributed by atoms with E-state index < -0.39 is 17.2 Å². The molecule has 0 N–H and O–H groups in total. The molecule has 0 radical (unpaired) electrons. The minimum atomic E-state index is -0.609. The molecule has 0 unspecified atom stereocenters. The summed E-state index contributed by atoms with van der Waals surface area (Å²) < 4.78 is 7.89. The molecule has 29 heavy (non-hydrogen) atoms. The number of pyridine rings is 1. The second-order valence-corrected chi connectivity index (χ2v) is 7.34. The lowest BCUT2D eigenvalue weighted by molar-refractivity contribution is 0.0475. The maximum Gasteiger partial charge on any atom is 0.340 e. The van der Waals surface area contributed by atoms with Crippen molar-refractivity contribution in [1.29, 1.82) is 0 Å². The topological polar surface area (TPSA) is 83.2 Å². The lowest BCUT2D eigenvalue weighted by Crippen LogP contribution is -2.39. The monoisotopic (exact) mass is 407 g/mol. The summed E-state index contributed by atoms with van der Waals surface area (Å²) in [6, 6.07) is 12.8. The highest BCUT2D eigenvalue weighted by Crippen LogP contribution is 2.23. The average molecular weight is 407 g/mol. The van der Waals surface area contributed by atoms with Crippen LogP contribution >= 0.6 is 11.3 Å². The van der Waals surface area contributed by atoms with Crippen LogP contribution in [0.2, 0.25) is 0 Å². The summed E-state index contributed by atoms with van der Waals surface area (Å²) in [5, 5.41) is 1.76. The first-order chi connectivity index (χ1) is 14.1. The van der Waals surface area contributed by atoms with Crippen LogP contribution in [-0.2, 0) is 24.9 Å². The number of nitrogens with zero attached hydrogens (tertiary/aromatic N) is 3. The van der Waals surface area contributed by atoms with E-state index in [-0.39, 0.29) is 24.1 Å². The van der Waals surface area contributed by atoms with Gasteiger partial charge in [0, 0.05) is 30.4 Å². The Labute approximate surface area is 169 Å². The van der Waals surface area contributed by atoms with Gasteiger partial charge in [-0.05, 0) is 11.6 Å². The first-order valence-electron chi connectivity index (χ1n) is 8.87. The van der Waals surface area contributed by atoms with Crippen molar-refractivity contribution < 1.29 is 9.53 Å². The Kier molecular flexibility index (Phi) is 5.09. The molecule has 0 atom stereocenters. The number of hydrogen-bond donors (Lipinski definition) is 0. The molecule has 0 fully saturated rings.